The Morgan fingerprint density at radius 1 is 1.13 bits per heavy atom. The summed E-state index contributed by atoms with van der Waals surface area (Å²) < 4.78 is 5.80. The summed E-state index contributed by atoms with van der Waals surface area (Å²) >= 11 is 1.64. The quantitative estimate of drug-likeness (QED) is 0.490. The van der Waals surface area contributed by atoms with Crippen LogP contribution in [0.1, 0.15) is 22.4 Å². The Morgan fingerprint density at radius 3 is 2.77 bits per heavy atom. The van der Waals surface area contributed by atoms with Gasteiger partial charge >= 0.3 is 0 Å². The lowest BCUT2D eigenvalue weighted by Crippen LogP contribution is -2.38. The molecule has 0 fully saturated rings. The van der Waals surface area contributed by atoms with E-state index in [0.717, 1.165) is 50.5 Å². The highest BCUT2D eigenvalue weighted by Gasteiger charge is 2.18. The van der Waals surface area contributed by atoms with E-state index in [1.807, 2.05) is 17.6 Å². The lowest BCUT2D eigenvalue weighted by molar-refractivity contribution is 0.0638. The molecular formula is C24H29N3O2S. The number of nitrogens with one attached hydrogen (secondary N) is 1. The largest absolute Gasteiger partial charge is 0.491 e. The zero-order valence-electron chi connectivity index (χ0n) is 17.2. The molecule has 2 heterocycles. The maximum absolute atomic E-state index is 10.4. The van der Waals surface area contributed by atoms with E-state index in [4.69, 9.17) is 4.74 Å². The molecular weight excluding hydrogens is 394 g/mol. The molecule has 0 amide bonds. The number of rotatable bonds is 10. The standard InChI is InChI=1S/C24H29N3O2S/c28-23(15-27-12-10-20-3-1-2-4-21(20)14-27)16-29-24-7-5-19(6-8-24)13-25-11-9-22-17-30-18-26-22/h1-8,17-18,23,25,28H,9-16H2. The summed E-state index contributed by atoms with van der Waals surface area (Å²) in [4.78, 5) is 6.59. The number of hydrogen-bond donors (Lipinski definition) is 2. The molecule has 2 N–H and O–H groups in total. The van der Waals surface area contributed by atoms with Gasteiger partial charge in [-0.1, -0.05) is 36.4 Å². The van der Waals surface area contributed by atoms with Crippen molar-refractivity contribution in [1.29, 1.82) is 0 Å². The second-order valence-electron chi connectivity index (χ2n) is 7.77. The summed E-state index contributed by atoms with van der Waals surface area (Å²) in [6.45, 7) is 4.56. The lowest BCUT2D eigenvalue weighted by Gasteiger charge is -2.30. The van der Waals surface area contributed by atoms with Crippen molar-refractivity contribution in [2.24, 2.45) is 0 Å². The summed E-state index contributed by atoms with van der Waals surface area (Å²) in [6, 6.07) is 16.6. The molecule has 6 heteroatoms. The van der Waals surface area contributed by atoms with Gasteiger partial charge in [0.15, 0.2) is 0 Å². The van der Waals surface area contributed by atoms with Crippen LogP contribution in [-0.4, -0.2) is 47.3 Å². The highest BCUT2D eigenvalue weighted by Crippen LogP contribution is 2.19. The third kappa shape index (κ3) is 6.12. The molecule has 1 aliphatic rings. The molecule has 1 atom stereocenters. The van der Waals surface area contributed by atoms with E-state index in [1.54, 1.807) is 11.3 Å². The van der Waals surface area contributed by atoms with E-state index in [0.29, 0.717) is 13.2 Å². The van der Waals surface area contributed by atoms with Gasteiger partial charge in [-0.15, -0.1) is 11.3 Å². The van der Waals surface area contributed by atoms with Crippen LogP contribution in [0.25, 0.3) is 0 Å². The maximum atomic E-state index is 10.4. The van der Waals surface area contributed by atoms with Crippen molar-refractivity contribution in [2.75, 3.05) is 26.2 Å². The average molecular weight is 424 g/mol. The Morgan fingerprint density at radius 2 is 1.97 bits per heavy atom. The fraction of sp³-hybridized carbons (Fsp3) is 0.375. The van der Waals surface area contributed by atoms with Crippen molar-refractivity contribution in [3.05, 3.63) is 81.8 Å². The molecule has 3 aromatic rings. The van der Waals surface area contributed by atoms with Gasteiger partial charge in [-0.2, -0.15) is 0 Å². The first-order chi connectivity index (χ1) is 14.8. The summed E-state index contributed by atoms with van der Waals surface area (Å²) in [5.74, 6) is 0.796. The number of β-amino-alcohol motifs (C(OH)–C–C–N with tert-alkyl or cyclic N) is 1. The topological polar surface area (TPSA) is 57.6 Å². The highest BCUT2D eigenvalue weighted by atomic mass is 32.1. The van der Waals surface area contributed by atoms with Crippen molar-refractivity contribution in [2.45, 2.75) is 32.0 Å². The minimum absolute atomic E-state index is 0.309. The molecule has 30 heavy (non-hydrogen) atoms. The Hall–Kier alpha value is -2.25. The van der Waals surface area contributed by atoms with Gasteiger partial charge in [-0.3, -0.25) is 4.90 Å². The first kappa shape index (κ1) is 21.0. The lowest BCUT2D eigenvalue weighted by atomic mass is 10.00. The van der Waals surface area contributed by atoms with Gasteiger partial charge in [0.05, 0.1) is 11.2 Å². The summed E-state index contributed by atoms with van der Waals surface area (Å²) in [7, 11) is 0. The zero-order chi connectivity index (χ0) is 20.6. The Bertz CT molecular complexity index is 899. The number of aromatic nitrogens is 1. The molecule has 0 spiro atoms. The summed E-state index contributed by atoms with van der Waals surface area (Å²) in [5, 5.41) is 15.9. The van der Waals surface area contributed by atoms with E-state index < -0.39 is 6.10 Å². The Balaban J connectivity index is 1.15. The van der Waals surface area contributed by atoms with Gasteiger partial charge in [-0.05, 0) is 35.2 Å². The molecule has 0 aliphatic carbocycles. The third-order valence-electron chi connectivity index (χ3n) is 5.41. The molecule has 158 valence electrons. The predicted octanol–water partition coefficient (Wildman–Crippen LogP) is 3.27. The second-order valence-corrected chi connectivity index (χ2v) is 8.49. The number of fused-ring (bicyclic) bond motifs is 1. The molecule has 0 saturated carbocycles. The predicted molar refractivity (Wildman–Crippen MR) is 121 cm³/mol. The molecule has 1 aliphatic heterocycles. The van der Waals surface area contributed by atoms with Crippen molar-refractivity contribution < 1.29 is 9.84 Å². The molecule has 2 aromatic carbocycles. The van der Waals surface area contributed by atoms with Crippen molar-refractivity contribution in [3.8, 4) is 5.75 Å². The van der Waals surface area contributed by atoms with Crippen LogP contribution in [0.4, 0.5) is 0 Å². The molecule has 1 unspecified atom stereocenters. The number of thiazole rings is 1. The van der Waals surface area contributed by atoms with Crippen molar-refractivity contribution in [3.63, 3.8) is 0 Å². The smallest absolute Gasteiger partial charge is 0.119 e. The number of nitrogens with zero attached hydrogens (tertiary/aromatic N) is 2. The maximum Gasteiger partial charge on any atom is 0.119 e. The molecule has 1 aromatic heterocycles. The fourth-order valence-corrected chi connectivity index (χ4v) is 4.36. The van der Waals surface area contributed by atoms with E-state index in [2.05, 4.69) is 57.0 Å². The zero-order valence-corrected chi connectivity index (χ0v) is 18.0. The van der Waals surface area contributed by atoms with Crippen LogP contribution in [0.15, 0.2) is 59.4 Å². The van der Waals surface area contributed by atoms with Crippen LogP contribution in [0.2, 0.25) is 0 Å². The molecule has 0 radical (unpaired) electrons. The Labute approximate surface area is 182 Å². The fourth-order valence-electron chi connectivity index (χ4n) is 3.77. The first-order valence-electron chi connectivity index (χ1n) is 10.5. The normalized spacial score (nSPS) is 15.0. The average Bonchev–Trinajstić information content (AvgIpc) is 3.30. The van der Waals surface area contributed by atoms with Crippen molar-refractivity contribution >= 4 is 11.3 Å². The number of ether oxygens (including phenoxy) is 1. The van der Waals surface area contributed by atoms with Gasteiger partial charge in [0, 0.05) is 44.5 Å². The number of aliphatic hydroxyl groups excluding tert-OH is 1. The molecule has 0 bridgehead atoms. The summed E-state index contributed by atoms with van der Waals surface area (Å²) in [6.07, 6.45) is 1.50. The molecule has 0 saturated heterocycles. The van der Waals surface area contributed by atoms with Gasteiger partial charge < -0.3 is 15.2 Å². The van der Waals surface area contributed by atoms with Gasteiger partial charge in [0.25, 0.3) is 0 Å². The van der Waals surface area contributed by atoms with E-state index in [1.165, 1.54) is 16.7 Å². The Kier molecular flexibility index (Phi) is 7.48. The van der Waals surface area contributed by atoms with Gasteiger partial charge in [-0.25, -0.2) is 4.98 Å². The van der Waals surface area contributed by atoms with Crippen molar-refractivity contribution in [1.82, 2.24) is 15.2 Å². The molecule has 4 rings (SSSR count). The minimum atomic E-state index is -0.498. The SMILES string of the molecule is OC(COc1ccc(CNCCc2cscn2)cc1)CN1CCc2ccccc2C1. The minimum Gasteiger partial charge on any atom is -0.491 e. The van der Waals surface area contributed by atoms with Crippen LogP contribution in [-0.2, 0) is 25.9 Å². The van der Waals surface area contributed by atoms with E-state index in [9.17, 15) is 5.11 Å². The number of aliphatic hydroxyl groups is 1. The number of benzene rings is 2. The van der Waals surface area contributed by atoms with Crippen LogP contribution in [0.3, 0.4) is 0 Å². The summed E-state index contributed by atoms with van der Waals surface area (Å²) in [5.41, 5.74) is 7.03. The second kappa shape index (κ2) is 10.7. The van der Waals surface area contributed by atoms with Crippen LogP contribution < -0.4 is 10.1 Å². The monoisotopic (exact) mass is 423 g/mol. The van der Waals surface area contributed by atoms with Gasteiger partial charge in [0.2, 0.25) is 0 Å². The van der Waals surface area contributed by atoms with Gasteiger partial charge in [0.1, 0.15) is 18.5 Å². The third-order valence-corrected chi connectivity index (χ3v) is 6.05. The van der Waals surface area contributed by atoms with Crippen LogP contribution in [0, 0.1) is 0 Å². The first-order valence-corrected chi connectivity index (χ1v) is 11.5. The number of hydrogen-bond acceptors (Lipinski definition) is 6. The highest BCUT2D eigenvalue weighted by molar-refractivity contribution is 7.07. The van der Waals surface area contributed by atoms with E-state index in [-0.39, 0.29) is 0 Å². The molecule has 5 nitrogen and oxygen atoms in total. The van der Waals surface area contributed by atoms with Crippen LogP contribution in [0.5, 0.6) is 5.75 Å². The van der Waals surface area contributed by atoms with E-state index >= 15 is 0 Å². The van der Waals surface area contributed by atoms with Crippen LogP contribution >= 0.6 is 11.3 Å².